The Labute approximate surface area is 138 Å². The second kappa shape index (κ2) is 6.24. The van der Waals surface area contributed by atoms with E-state index >= 15 is 0 Å². The van der Waals surface area contributed by atoms with Gasteiger partial charge in [0.2, 0.25) is 11.8 Å². The molecule has 1 aliphatic rings. The predicted octanol–water partition coefficient (Wildman–Crippen LogP) is 0.896. The first kappa shape index (κ1) is 16.4. The number of hydrogen-bond acceptors (Lipinski definition) is 4. The minimum absolute atomic E-state index is 0.164. The van der Waals surface area contributed by atoms with Gasteiger partial charge in [-0.1, -0.05) is 19.9 Å². The van der Waals surface area contributed by atoms with E-state index in [-0.39, 0.29) is 31.2 Å². The molecule has 1 aliphatic heterocycles. The third-order valence-electron chi connectivity index (χ3n) is 4.50. The number of nitrogens with one attached hydrogen (secondary N) is 1. The van der Waals surface area contributed by atoms with Crippen molar-refractivity contribution >= 4 is 22.8 Å². The smallest absolute Gasteiger partial charge is 0.329 e. The molecular weight excluding hydrogens is 310 g/mol. The van der Waals surface area contributed by atoms with Crippen LogP contribution in [0.25, 0.3) is 11.0 Å². The summed E-state index contributed by atoms with van der Waals surface area (Å²) in [6.07, 6.45) is 0.508. The first-order chi connectivity index (χ1) is 11.4. The second-order valence-electron chi connectivity index (χ2n) is 6.40. The SMILES string of the molecule is CC(C)c1ccc2c(c1)n(CCO)c(=O)n2C1CCC(=O)NC1=O. The molecule has 0 aliphatic carbocycles. The number of amides is 2. The number of aromatic nitrogens is 2. The van der Waals surface area contributed by atoms with Crippen LogP contribution in [0.4, 0.5) is 0 Å². The van der Waals surface area contributed by atoms with Crippen LogP contribution in [-0.4, -0.2) is 32.7 Å². The van der Waals surface area contributed by atoms with Crippen LogP contribution < -0.4 is 11.0 Å². The molecule has 0 bridgehead atoms. The minimum atomic E-state index is -0.706. The van der Waals surface area contributed by atoms with E-state index in [0.717, 1.165) is 5.56 Å². The zero-order valence-corrected chi connectivity index (χ0v) is 13.8. The molecule has 1 atom stereocenters. The number of imidazole rings is 1. The molecule has 1 aromatic heterocycles. The highest BCUT2D eigenvalue weighted by Crippen LogP contribution is 2.26. The Bertz CT molecular complexity index is 863. The fourth-order valence-corrected chi connectivity index (χ4v) is 3.20. The molecule has 2 N–H and O–H groups in total. The van der Waals surface area contributed by atoms with E-state index in [1.807, 2.05) is 18.2 Å². The van der Waals surface area contributed by atoms with Crippen LogP contribution in [0.5, 0.6) is 0 Å². The molecule has 0 saturated carbocycles. The molecule has 7 nitrogen and oxygen atoms in total. The maximum Gasteiger partial charge on any atom is 0.329 e. The van der Waals surface area contributed by atoms with E-state index in [9.17, 15) is 19.5 Å². The minimum Gasteiger partial charge on any atom is -0.395 e. The van der Waals surface area contributed by atoms with Crippen LogP contribution in [0.3, 0.4) is 0 Å². The summed E-state index contributed by atoms with van der Waals surface area (Å²) in [5.74, 6) is -0.471. The molecule has 2 amide bonds. The first-order valence-corrected chi connectivity index (χ1v) is 8.13. The number of imide groups is 1. The number of hydrogen-bond donors (Lipinski definition) is 2. The molecular formula is C17H21N3O4. The average molecular weight is 331 g/mol. The van der Waals surface area contributed by atoms with Gasteiger partial charge in [0, 0.05) is 6.42 Å². The fraction of sp³-hybridized carbons (Fsp3) is 0.471. The largest absolute Gasteiger partial charge is 0.395 e. The quantitative estimate of drug-likeness (QED) is 0.814. The molecule has 0 radical (unpaired) electrons. The van der Waals surface area contributed by atoms with E-state index in [1.165, 1.54) is 9.13 Å². The maximum atomic E-state index is 12.8. The molecule has 1 fully saturated rings. The third kappa shape index (κ3) is 2.65. The summed E-state index contributed by atoms with van der Waals surface area (Å²) in [6.45, 7) is 4.12. The van der Waals surface area contributed by atoms with Crippen LogP contribution in [0.2, 0.25) is 0 Å². The van der Waals surface area contributed by atoms with E-state index in [4.69, 9.17) is 0 Å². The molecule has 128 valence electrons. The number of benzene rings is 1. The van der Waals surface area contributed by atoms with E-state index in [2.05, 4.69) is 19.2 Å². The molecule has 1 unspecified atom stereocenters. The molecule has 3 rings (SSSR count). The van der Waals surface area contributed by atoms with E-state index < -0.39 is 11.9 Å². The van der Waals surface area contributed by atoms with Gasteiger partial charge < -0.3 is 5.11 Å². The van der Waals surface area contributed by atoms with Crippen molar-refractivity contribution in [2.75, 3.05) is 6.61 Å². The molecule has 1 aromatic carbocycles. The molecule has 2 heterocycles. The van der Waals surface area contributed by atoms with Gasteiger partial charge in [-0.3, -0.25) is 24.0 Å². The summed E-state index contributed by atoms with van der Waals surface area (Å²) in [7, 11) is 0. The highest BCUT2D eigenvalue weighted by molar-refractivity contribution is 6.00. The van der Waals surface area contributed by atoms with Gasteiger partial charge in [0.15, 0.2) is 0 Å². The molecule has 2 aromatic rings. The second-order valence-corrected chi connectivity index (χ2v) is 6.40. The van der Waals surface area contributed by atoms with Gasteiger partial charge in [0.25, 0.3) is 0 Å². The van der Waals surface area contributed by atoms with Crippen molar-refractivity contribution in [2.24, 2.45) is 0 Å². The Morgan fingerprint density at radius 3 is 2.62 bits per heavy atom. The Morgan fingerprint density at radius 2 is 2.00 bits per heavy atom. The highest BCUT2D eigenvalue weighted by Gasteiger charge is 2.31. The lowest BCUT2D eigenvalue weighted by Crippen LogP contribution is -2.44. The summed E-state index contributed by atoms with van der Waals surface area (Å²) in [5, 5.41) is 11.6. The topological polar surface area (TPSA) is 93.3 Å². The molecule has 7 heteroatoms. The number of piperidine rings is 1. The Kier molecular flexibility index (Phi) is 4.28. The van der Waals surface area contributed by atoms with Crippen molar-refractivity contribution in [3.05, 3.63) is 34.2 Å². The summed E-state index contributed by atoms with van der Waals surface area (Å²) in [4.78, 5) is 36.4. The number of carbonyl (C=O) groups excluding carboxylic acids is 2. The lowest BCUT2D eigenvalue weighted by molar-refractivity contribution is -0.135. The first-order valence-electron chi connectivity index (χ1n) is 8.13. The predicted molar refractivity (Wildman–Crippen MR) is 88.8 cm³/mol. The van der Waals surface area contributed by atoms with Crippen molar-refractivity contribution in [3.63, 3.8) is 0 Å². The number of carbonyl (C=O) groups is 2. The molecule has 1 saturated heterocycles. The van der Waals surface area contributed by atoms with Gasteiger partial charge in [-0.05, 0) is 30.0 Å². The lowest BCUT2D eigenvalue weighted by atomic mass is 10.0. The Morgan fingerprint density at radius 1 is 1.25 bits per heavy atom. The number of rotatable bonds is 4. The van der Waals surface area contributed by atoms with Gasteiger partial charge in [0.05, 0.1) is 24.2 Å². The Balaban J connectivity index is 2.21. The summed E-state index contributed by atoms with van der Waals surface area (Å²) < 4.78 is 2.93. The number of aliphatic hydroxyl groups is 1. The number of nitrogens with zero attached hydrogens (tertiary/aromatic N) is 2. The van der Waals surface area contributed by atoms with Crippen LogP contribution in [0, 0.1) is 0 Å². The van der Waals surface area contributed by atoms with Crippen molar-refractivity contribution in [3.8, 4) is 0 Å². The Hall–Kier alpha value is -2.41. The average Bonchev–Trinajstić information content (AvgIpc) is 2.80. The van der Waals surface area contributed by atoms with Gasteiger partial charge in [0.1, 0.15) is 6.04 Å². The molecule has 0 spiro atoms. The highest BCUT2D eigenvalue weighted by atomic mass is 16.3. The van der Waals surface area contributed by atoms with Gasteiger partial charge in [-0.25, -0.2) is 4.79 Å². The van der Waals surface area contributed by atoms with Gasteiger partial charge >= 0.3 is 5.69 Å². The number of fused-ring (bicyclic) bond motifs is 1. The van der Waals surface area contributed by atoms with Crippen LogP contribution in [-0.2, 0) is 16.1 Å². The lowest BCUT2D eigenvalue weighted by Gasteiger charge is -2.22. The van der Waals surface area contributed by atoms with Crippen molar-refractivity contribution in [2.45, 2.75) is 45.2 Å². The van der Waals surface area contributed by atoms with Gasteiger partial charge in [-0.15, -0.1) is 0 Å². The zero-order chi connectivity index (χ0) is 17.4. The molecule has 24 heavy (non-hydrogen) atoms. The van der Waals surface area contributed by atoms with Crippen LogP contribution in [0.1, 0.15) is 44.2 Å². The number of aliphatic hydroxyl groups excluding tert-OH is 1. The normalized spacial score (nSPS) is 18.4. The van der Waals surface area contributed by atoms with Crippen molar-refractivity contribution in [1.29, 1.82) is 0 Å². The van der Waals surface area contributed by atoms with Gasteiger partial charge in [-0.2, -0.15) is 0 Å². The van der Waals surface area contributed by atoms with Crippen molar-refractivity contribution in [1.82, 2.24) is 14.5 Å². The van der Waals surface area contributed by atoms with Crippen LogP contribution in [0.15, 0.2) is 23.0 Å². The maximum absolute atomic E-state index is 12.8. The third-order valence-corrected chi connectivity index (χ3v) is 4.50. The fourth-order valence-electron chi connectivity index (χ4n) is 3.20. The summed E-state index contributed by atoms with van der Waals surface area (Å²) in [6, 6.07) is 5.00. The van der Waals surface area contributed by atoms with Crippen molar-refractivity contribution < 1.29 is 14.7 Å². The summed E-state index contributed by atoms with van der Waals surface area (Å²) >= 11 is 0. The van der Waals surface area contributed by atoms with E-state index in [1.54, 1.807) is 0 Å². The zero-order valence-electron chi connectivity index (χ0n) is 13.8. The standard InChI is InChI=1S/C17H21N3O4/c1-10(2)11-3-4-12-14(9-11)19(7-8-21)17(24)20(12)13-5-6-15(22)18-16(13)23/h3-4,9-10,13,21H,5-8H2,1-2H3,(H,18,22,23). The summed E-state index contributed by atoms with van der Waals surface area (Å²) in [5.41, 5.74) is 2.08. The van der Waals surface area contributed by atoms with Crippen LogP contribution >= 0.6 is 0 Å². The monoisotopic (exact) mass is 331 g/mol. The van der Waals surface area contributed by atoms with E-state index in [0.29, 0.717) is 23.4 Å².